The van der Waals surface area contributed by atoms with Crippen molar-refractivity contribution in [3.05, 3.63) is 71.4 Å². The number of ether oxygens (including phenoxy) is 2. The number of nitrogens with one attached hydrogen (secondary N) is 1. The number of aryl methyl sites for hydroxylation is 2. The molecule has 1 N–H and O–H groups in total. The standard InChI is InChI=1S/C21H21N3O5/c1-14-23-24-20(29-14)13-28-21(26)17-5-3-4-6-18(17)22-19(25)12-9-15-7-10-16(27-2)11-8-15/h3-8,10-11H,9,12-13H2,1-2H3,(H,22,25). The minimum atomic E-state index is -0.591. The first-order valence-corrected chi connectivity index (χ1v) is 9.03. The summed E-state index contributed by atoms with van der Waals surface area (Å²) in [7, 11) is 1.61. The zero-order chi connectivity index (χ0) is 20.6. The highest BCUT2D eigenvalue weighted by molar-refractivity contribution is 6.01. The maximum absolute atomic E-state index is 12.4. The number of carbonyl (C=O) groups excluding carboxylic acids is 2. The Morgan fingerprint density at radius 1 is 1.07 bits per heavy atom. The Morgan fingerprint density at radius 3 is 2.52 bits per heavy atom. The van der Waals surface area contributed by atoms with Crippen molar-refractivity contribution in [1.29, 1.82) is 0 Å². The second-order valence-corrected chi connectivity index (χ2v) is 6.23. The van der Waals surface area contributed by atoms with Crippen LogP contribution in [-0.4, -0.2) is 29.2 Å². The molecule has 0 saturated heterocycles. The largest absolute Gasteiger partial charge is 0.497 e. The number of rotatable bonds is 8. The molecular formula is C21H21N3O5. The van der Waals surface area contributed by atoms with Gasteiger partial charge in [-0.15, -0.1) is 10.2 Å². The number of esters is 1. The van der Waals surface area contributed by atoms with Crippen molar-refractivity contribution in [1.82, 2.24) is 10.2 Å². The second kappa shape index (κ2) is 9.50. The maximum atomic E-state index is 12.4. The van der Waals surface area contributed by atoms with Crippen molar-refractivity contribution >= 4 is 17.6 Å². The first kappa shape index (κ1) is 20.1. The molecule has 1 amide bonds. The predicted octanol–water partition coefficient (Wildman–Crippen LogP) is 3.31. The van der Waals surface area contributed by atoms with E-state index in [9.17, 15) is 9.59 Å². The van der Waals surface area contributed by atoms with Crippen molar-refractivity contribution in [3.63, 3.8) is 0 Å². The summed E-state index contributed by atoms with van der Waals surface area (Å²) < 4.78 is 15.5. The predicted molar refractivity (Wildman–Crippen MR) is 105 cm³/mol. The minimum Gasteiger partial charge on any atom is -0.497 e. The molecule has 0 aliphatic heterocycles. The van der Waals surface area contributed by atoms with E-state index in [0.717, 1.165) is 11.3 Å². The molecule has 0 saturated carbocycles. The zero-order valence-corrected chi connectivity index (χ0v) is 16.2. The molecule has 150 valence electrons. The molecule has 0 atom stereocenters. The van der Waals surface area contributed by atoms with E-state index < -0.39 is 5.97 Å². The first-order valence-electron chi connectivity index (χ1n) is 9.03. The number of benzene rings is 2. The molecule has 1 heterocycles. The van der Waals surface area contributed by atoms with Crippen LogP contribution in [0.25, 0.3) is 0 Å². The van der Waals surface area contributed by atoms with Crippen LogP contribution in [-0.2, 0) is 22.6 Å². The molecule has 0 bridgehead atoms. The van der Waals surface area contributed by atoms with E-state index in [4.69, 9.17) is 13.9 Å². The van der Waals surface area contributed by atoms with Crippen LogP contribution in [0.3, 0.4) is 0 Å². The summed E-state index contributed by atoms with van der Waals surface area (Å²) in [6.45, 7) is 1.51. The van der Waals surface area contributed by atoms with Gasteiger partial charge in [0.1, 0.15) is 5.75 Å². The van der Waals surface area contributed by atoms with E-state index in [1.807, 2.05) is 24.3 Å². The zero-order valence-electron chi connectivity index (χ0n) is 16.2. The van der Waals surface area contributed by atoms with Crippen LogP contribution < -0.4 is 10.1 Å². The summed E-state index contributed by atoms with van der Waals surface area (Å²) in [6.07, 6.45) is 0.843. The third-order valence-electron chi connectivity index (χ3n) is 4.12. The van der Waals surface area contributed by atoms with Gasteiger partial charge in [-0.25, -0.2) is 4.79 Å². The highest BCUT2D eigenvalue weighted by Gasteiger charge is 2.16. The molecule has 8 heteroatoms. The van der Waals surface area contributed by atoms with Crippen molar-refractivity contribution in [2.24, 2.45) is 0 Å². The molecule has 0 aliphatic carbocycles. The number of para-hydroxylation sites is 1. The molecule has 29 heavy (non-hydrogen) atoms. The number of amides is 1. The quantitative estimate of drug-likeness (QED) is 0.584. The number of aromatic nitrogens is 2. The summed E-state index contributed by atoms with van der Waals surface area (Å²) >= 11 is 0. The highest BCUT2D eigenvalue weighted by atomic mass is 16.5. The van der Waals surface area contributed by atoms with Gasteiger partial charge in [-0.3, -0.25) is 4.79 Å². The van der Waals surface area contributed by atoms with Gasteiger partial charge >= 0.3 is 5.97 Å². The van der Waals surface area contributed by atoms with Crippen LogP contribution in [0.2, 0.25) is 0 Å². The molecular weight excluding hydrogens is 374 g/mol. The topological polar surface area (TPSA) is 104 Å². The van der Waals surface area contributed by atoms with Gasteiger partial charge in [0.2, 0.25) is 11.8 Å². The number of hydrogen-bond donors (Lipinski definition) is 1. The molecule has 2 aromatic carbocycles. The van der Waals surface area contributed by atoms with Gasteiger partial charge < -0.3 is 19.2 Å². The van der Waals surface area contributed by atoms with Gasteiger partial charge in [-0.1, -0.05) is 24.3 Å². The lowest BCUT2D eigenvalue weighted by Crippen LogP contribution is -2.16. The van der Waals surface area contributed by atoms with Gasteiger partial charge in [0.25, 0.3) is 5.89 Å². The van der Waals surface area contributed by atoms with Gasteiger partial charge in [0.05, 0.1) is 18.4 Å². The van der Waals surface area contributed by atoms with Crippen molar-refractivity contribution in [2.45, 2.75) is 26.4 Å². The average Bonchev–Trinajstić information content (AvgIpc) is 3.16. The number of nitrogens with zero attached hydrogens (tertiary/aromatic N) is 2. The molecule has 8 nitrogen and oxygen atoms in total. The third kappa shape index (κ3) is 5.65. The van der Waals surface area contributed by atoms with E-state index in [2.05, 4.69) is 15.5 Å². The van der Waals surface area contributed by atoms with Gasteiger partial charge in [0, 0.05) is 13.3 Å². The Bertz CT molecular complexity index is 982. The fourth-order valence-corrected chi connectivity index (χ4v) is 2.63. The average molecular weight is 395 g/mol. The first-order chi connectivity index (χ1) is 14.0. The molecule has 0 unspecified atom stereocenters. The fourth-order valence-electron chi connectivity index (χ4n) is 2.63. The Morgan fingerprint density at radius 2 is 1.83 bits per heavy atom. The number of hydrogen-bond acceptors (Lipinski definition) is 7. The smallest absolute Gasteiger partial charge is 0.340 e. The maximum Gasteiger partial charge on any atom is 0.340 e. The Balaban J connectivity index is 1.57. The highest BCUT2D eigenvalue weighted by Crippen LogP contribution is 2.18. The van der Waals surface area contributed by atoms with Crippen molar-refractivity contribution in [2.75, 3.05) is 12.4 Å². The third-order valence-corrected chi connectivity index (χ3v) is 4.12. The second-order valence-electron chi connectivity index (χ2n) is 6.23. The number of methoxy groups -OCH3 is 1. The van der Waals surface area contributed by atoms with Crippen LogP contribution in [0, 0.1) is 6.92 Å². The van der Waals surface area contributed by atoms with E-state index >= 15 is 0 Å². The molecule has 0 spiro atoms. The van der Waals surface area contributed by atoms with Gasteiger partial charge in [-0.05, 0) is 36.2 Å². The summed E-state index contributed by atoms with van der Waals surface area (Å²) in [5, 5.41) is 10.2. The summed E-state index contributed by atoms with van der Waals surface area (Å²) in [6, 6.07) is 14.2. The van der Waals surface area contributed by atoms with Crippen LogP contribution in [0.15, 0.2) is 52.9 Å². The Kier molecular flexibility index (Phi) is 6.57. The number of carbonyl (C=O) groups is 2. The monoisotopic (exact) mass is 395 g/mol. The molecule has 0 aliphatic rings. The van der Waals surface area contributed by atoms with Crippen LogP contribution >= 0.6 is 0 Å². The van der Waals surface area contributed by atoms with E-state index in [1.54, 1.807) is 38.3 Å². The van der Waals surface area contributed by atoms with Gasteiger partial charge in [-0.2, -0.15) is 0 Å². The normalized spacial score (nSPS) is 10.4. The number of anilines is 1. The lowest BCUT2D eigenvalue weighted by molar-refractivity contribution is -0.116. The molecule has 0 fully saturated rings. The van der Waals surface area contributed by atoms with E-state index in [0.29, 0.717) is 18.0 Å². The molecule has 3 aromatic rings. The minimum absolute atomic E-state index is 0.139. The molecule has 1 aromatic heterocycles. The van der Waals surface area contributed by atoms with E-state index in [1.165, 1.54) is 0 Å². The summed E-state index contributed by atoms with van der Waals surface area (Å²) in [4.78, 5) is 24.7. The van der Waals surface area contributed by atoms with E-state index in [-0.39, 0.29) is 30.4 Å². The molecule has 3 rings (SSSR count). The fraction of sp³-hybridized carbons (Fsp3) is 0.238. The van der Waals surface area contributed by atoms with Crippen LogP contribution in [0.1, 0.15) is 34.1 Å². The van der Waals surface area contributed by atoms with Crippen LogP contribution in [0.5, 0.6) is 5.75 Å². The van der Waals surface area contributed by atoms with Gasteiger partial charge in [0.15, 0.2) is 6.61 Å². The lowest BCUT2D eigenvalue weighted by Gasteiger charge is -2.10. The van der Waals surface area contributed by atoms with Crippen LogP contribution in [0.4, 0.5) is 5.69 Å². The van der Waals surface area contributed by atoms with Crippen molar-refractivity contribution in [3.8, 4) is 5.75 Å². The lowest BCUT2D eigenvalue weighted by atomic mass is 10.1. The Labute approximate surface area is 167 Å². The molecule has 0 radical (unpaired) electrons. The Hall–Kier alpha value is -3.68. The summed E-state index contributed by atoms with van der Waals surface area (Å²) in [5.74, 6) is 0.569. The SMILES string of the molecule is COc1ccc(CCC(=O)Nc2ccccc2C(=O)OCc2nnc(C)o2)cc1. The summed E-state index contributed by atoms with van der Waals surface area (Å²) in [5.41, 5.74) is 1.66. The van der Waals surface area contributed by atoms with Crippen molar-refractivity contribution < 1.29 is 23.5 Å².